The lowest BCUT2D eigenvalue weighted by molar-refractivity contribution is -0.131. The fraction of sp³-hybridized carbons (Fsp3) is 0.611. The highest BCUT2D eigenvalue weighted by Gasteiger charge is 2.39. The maximum atomic E-state index is 13.6. The van der Waals surface area contributed by atoms with Gasteiger partial charge >= 0.3 is 0 Å². The summed E-state index contributed by atoms with van der Waals surface area (Å²) >= 11 is 0. The molecule has 2 aliphatic heterocycles. The van der Waals surface area contributed by atoms with E-state index in [1.165, 1.54) is 6.07 Å². The molecule has 1 aromatic rings. The molecule has 1 N–H and O–H groups in total. The number of carbonyl (C=O) groups is 1. The number of nitrogens with zero attached hydrogens (tertiary/aromatic N) is 2. The highest BCUT2D eigenvalue weighted by Crippen LogP contribution is 2.24. The third-order valence-corrected chi connectivity index (χ3v) is 4.87. The average molecular weight is 336 g/mol. The van der Waals surface area contributed by atoms with E-state index in [0.717, 1.165) is 13.1 Å². The summed E-state index contributed by atoms with van der Waals surface area (Å²) in [6.07, 6.45) is 1.26. The van der Waals surface area contributed by atoms with E-state index in [-0.39, 0.29) is 18.1 Å². The van der Waals surface area contributed by atoms with Gasteiger partial charge in [0.2, 0.25) is 5.91 Å². The molecule has 1 amide bonds. The summed E-state index contributed by atoms with van der Waals surface area (Å²) in [4.78, 5) is 16.3. The molecule has 0 bridgehead atoms. The van der Waals surface area contributed by atoms with Gasteiger partial charge in [0.1, 0.15) is 5.82 Å². The van der Waals surface area contributed by atoms with Crippen molar-refractivity contribution >= 4 is 5.91 Å². The van der Waals surface area contributed by atoms with Gasteiger partial charge in [-0.3, -0.25) is 9.69 Å². The first kappa shape index (κ1) is 17.3. The number of aliphatic hydroxyl groups is 1. The second kappa shape index (κ2) is 7.59. The zero-order valence-electron chi connectivity index (χ0n) is 13.9. The number of carbonyl (C=O) groups excluding carboxylic acids is 1. The van der Waals surface area contributed by atoms with Crippen molar-refractivity contribution in [2.45, 2.75) is 24.9 Å². The second-order valence-electron chi connectivity index (χ2n) is 6.77. The van der Waals surface area contributed by atoms with Crippen LogP contribution >= 0.6 is 0 Å². The molecule has 0 spiro atoms. The molecule has 3 rings (SSSR count). The predicted octanol–water partition coefficient (Wildman–Crippen LogP) is 1.05. The first-order valence-electron chi connectivity index (χ1n) is 8.59. The van der Waals surface area contributed by atoms with Crippen molar-refractivity contribution in [1.29, 1.82) is 0 Å². The molecule has 2 saturated heterocycles. The molecule has 0 saturated carbocycles. The van der Waals surface area contributed by atoms with Gasteiger partial charge in [0, 0.05) is 32.6 Å². The number of amides is 1. The van der Waals surface area contributed by atoms with Crippen LogP contribution in [0.3, 0.4) is 0 Å². The SMILES string of the molecule is O=C(CCc1ccccc1F)N1CC[C@](O)(CN2CCOCC2)C1. The Labute approximate surface area is 142 Å². The van der Waals surface area contributed by atoms with Crippen molar-refractivity contribution in [3.8, 4) is 0 Å². The van der Waals surface area contributed by atoms with Gasteiger partial charge in [0.25, 0.3) is 0 Å². The number of morpholine rings is 1. The normalized spacial score (nSPS) is 25.2. The van der Waals surface area contributed by atoms with Crippen molar-refractivity contribution in [3.63, 3.8) is 0 Å². The lowest BCUT2D eigenvalue weighted by Crippen LogP contribution is -2.49. The summed E-state index contributed by atoms with van der Waals surface area (Å²) in [6, 6.07) is 6.55. The Kier molecular flexibility index (Phi) is 5.48. The monoisotopic (exact) mass is 336 g/mol. The van der Waals surface area contributed by atoms with Gasteiger partial charge in [0.05, 0.1) is 25.4 Å². The van der Waals surface area contributed by atoms with Crippen molar-refractivity contribution < 1.29 is 19.0 Å². The minimum atomic E-state index is -0.842. The molecule has 0 unspecified atom stereocenters. The molecule has 0 radical (unpaired) electrons. The smallest absolute Gasteiger partial charge is 0.223 e. The molecule has 0 aliphatic carbocycles. The maximum absolute atomic E-state index is 13.6. The fourth-order valence-electron chi connectivity index (χ4n) is 3.47. The molecule has 6 heteroatoms. The molecular weight excluding hydrogens is 311 g/mol. The molecule has 2 fully saturated rings. The zero-order chi connectivity index (χ0) is 17.0. The number of rotatable bonds is 5. The Morgan fingerprint density at radius 3 is 2.75 bits per heavy atom. The number of ether oxygens (including phenoxy) is 1. The Morgan fingerprint density at radius 1 is 1.25 bits per heavy atom. The summed E-state index contributed by atoms with van der Waals surface area (Å²) in [5.41, 5.74) is -0.279. The van der Waals surface area contributed by atoms with E-state index in [2.05, 4.69) is 4.90 Å². The van der Waals surface area contributed by atoms with Gasteiger partial charge < -0.3 is 14.7 Å². The molecule has 5 nitrogen and oxygen atoms in total. The van der Waals surface area contributed by atoms with E-state index in [1.807, 2.05) is 0 Å². The quantitative estimate of drug-likeness (QED) is 0.873. The van der Waals surface area contributed by atoms with Crippen LogP contribution in [0.1, 0.15) is 18.4 Å². The Balaban J connectivity index is 1.49. The van der Waals surface area contributed by atoms with Crippen molar-refractivity contribution in [2.75, 3.05) is 45.9 Å². The number of halogens is 1. The van der Waals surface area contributed by atoms with Crippen LogP contribution in [0.2, 0.25) is 0 Å². The summed E-state index contributed by atoms with van der Waals surface area (Å²) < 4.78 is 18.9. The van der Waals surface area contributed by atoms with Crippen LogP contribution < -0.4 is 0 Å². The van der Waals surface area contributed by atoms with Gasteiger partial charge in [-0.1, -0.05) is 18.2 Å². The third-order valence-electron chi connectivity index (χ3n) is 4.87. The van der Waals surface area contributed by atoms with Crippen LogP contribution in [-0.2, 0) is 16.0 Å². The molecule has 2 aliphatic rings. The topological polar surface area (TPSA) is 53.0 Å². The number of aryl methyl sites for hydroxylation is 1. The number of hydrogen-bond donors (Lipinski definition) is 1. The van der Waals surface area contributed by atoms with Gasteiger partial charge in [-0.2, -0.15) is 0 Å². The molecular formula is C18H25FN2O3. The average Bonchev–Trinajstić information content (AvgIpc) is 2.97. The minimum Gasteiger partial charge on any atom is -0.387 e. The maximum Gasteiger partial charge on any atom is 0.223 e. The molecule has 132 valence electrons. The largest absolute Gasteiger partial charge is 0.387 e. The van der Waals surface area contributed by atoms with Gasteiger partial charge in [-0.25, -0.2) is 4.39 Å². The van der Waals surface area contributed by atoms with Gasteiger partial charge in [-0.05, 0) is 24.5 Å². The summed E-state index contributed by atoms with van der Waals surface area (Å²) in [6.45, 7) is 4.54. The Hall–Kier alpha value is -1.50. The number of benzene rings is 1. The number of likely N-dealkylation sites (tertiary alicyclic amines) is 1. The van der Waals surface area contributed by atoms with E-state index >= 15 is 0 Å². The van der Waals surface area contributed by atoms with E-state index in [9.17, 15) is 14.3 Å². The van der Waals surface area contributed by atoms with Crippen LogP contribution in [0.4, 0.5) is 4.39 Å². The van der Waals surface area contributed by atoms with Crippen molar-refractivity contribution in [3.05, 3.63) is 35.6 Å². The molecule has 2 heterocycles. The van der Waals surface area contributed by atoms with Crippen molar-refractivity contribution in [1.82, 2.24) is 9.80 Å². The van der Waals surface area contributed by atoms with Gasteiger partial charge in [-0.15, -0.1) is 0 Å². The molecule has 24 heavy (non-hydrogen) atoms. The first-order valence-corrected chi connectivity index (χ1v) is 8.59. The van der Waals surface area contributed by atoms with Crippen LogP contribution in [0.15, 0.2) is 24.3 Å². The van der Waals surface area contributed by atoms with E-state index in [1.54, 1.807) is 23.1 Å². The first-order chi connectivity index (χ1) is 11.6. The zero-order valence-corrected chi connectivity index (χ0v) is 13.9. The fourth-order valence-corrected chi connectivity index (χ4v) is 3.47. The lowest BCUT2D eigenvalue weighted by Gasteiger charge is -2.33. The van der Waals surface area contributed by atoms with E-state index in [0.29, 0.717) is 51.3 Å². The second-order valence-corrected chi connectivity index (χ2v) is 6.77. The van der Waals surface area contributed by atoms with Crippen LogP contribution in [0.25, 0.3) is 0 Å². The summed E-state index contributed by atoms with van der Waals surface area (Å²) in [5, 5.41) is 10.8. The molecule has 1 aromatic carbocycles. The van der Waals surface area contributed by atoms with Crippen LogP contribution in [-0.4, -0.2) is 72.4 Å². The van der Waals surface area contributed by atoms with Crippen LogP contribution in [0.5, 0.6) is 0 Å². The standard InChI is InChI=1S/C18H25FN2O3/c19-16-4-2-1-3-15(16)5-6-17(22)21-8-7-18(23,14-21)13-20-9-11-24-12-10-20/h1-4,23H,5-14H2/t18-/m0/s1. The molecule has 1 atom stereocenters. The van der Waals surface area contributed by atoms with Crippen molar-refractivity contribution in [2.24, 2.45) is 0 Å². The van der Waals surface area contributed by atoms with Gasteiger partial charge in [0.15, 0.2) is 0 Å². The minimum absolute atomic E-state index is 0.0174. The van der Waals surface area contributed by atoms with E-state index in [4.69, 9.17) is 4.74 Å². The summed E-state index contributed by atoms with van der Waals surface area (Å²) in [7, 11) is 0. The summed E-state index contributed by atoms with van der Waals surface area (Å²) in [5.74, 6) is -0.285. The predicted molar refractivity (Wildman–Crippen MR) is 88.1 cm³/mol. The Morgan fingerprint density at radius 2 is 2.00 bits per heavy atom. The van der Waals surface area contributed by atoms with E-state index < -0.39 is 5.60 Å². The third kappa shape index (κ3) is 4.32. The molecule has 0 aromatic heterocycles. The van der Waals surface area contributed by atoms with Crippen LogP contribution in [0, 0.1) is 5.82 Å². The highest BCUT2D eigenvalue weighted by molar-refractivity contribution is 5.77. The highest BCUT2D eigenvalue weighted by atomic mass is 19.1. The Bertz CT molecular complexity index is 577. The lowest BCUT2D eigenvalue weighted by atomic mass is 10.0. The number of hydrogen-bond acceptors (Lipinski definition) is 4. The number of β-amino-alcohol motifs (C(OH)–C–C–N with tert-alkyl or cyclic N) is 1.